The number of benzene rings is 1. The van der Waals surface area contributed by atoms with Crippen molar-refractivity contribution >= 4 is 34.0 Å². The molecule has 2 aliphatic heterocycles. The summed E-state index contributed by atoms with van der Waals surface area (Å²) < 4.78 is 14.7. The molecule has 2 atom stereocenters. The van der Waals surface area contributed by atoms with Gasteiger partial charge in [0.15, 0.2) is 5.65 Å². The van der Waals surface area contributed by atoms with E-state index in [1.165, 1.54) is 0 Å². The average Bonchev–Trinajstić information content (AvgIpc) is 3.60. The highest BCUT2D eigenvalue weighted by Crippen LogP contribution is 2.33. The monoisotopic (exact) mass is 447 g/mol. The van der Waals surface area contributed by atoms with E-state index in [1.54, 1.807) is 17.8 Å². The minimum absolute atomic E-state index is 0.234. The van der Waals surface area contributed by atoms with Gasteiger partial charge >= 0.3 is 0 Å². The summed E-state index contributed by atoms with van der Waals surface area (Å²) in [6, 6.07) is 6.22. The average molecular weight is 447 g/mol. The van der Waals surface area contributed by atoms with E-state index < -0.39 is 0 Å². The summed E-state index contributed by atoms with van der Waals surface area (Å²) in [7, 11) is 1.58. The molecule has 2 bridgehead atoms. The molecular weight excluding hydrogens is 422 g/mol. The molecule has 2 aliphatic rings. The van der Waals surface area contributed by atoms with Gasteiger partial charge in [-0.05, 0) is 32.4 Å². The summed E-state index contributed by atoms with van der Waals surface area (Å²) in [4.78, 5) is 20.3. The molecule has 10 nitrogen and oxygen atoms in total. The molecule has 0 aliphatic carbocycles. The quantitative estimate of drug-likeness (QED) is 0.502. The topological polar surface area (TPSA) is 98.8 Å². The van der Waals surface area contributed by atoms with Crippen LogP contribution in [-0.2, 0) is 4.74 Å². The summed E-state index contributed by atoms with van der Waals surface area (Å²) in [5.41, 5.74) is 2.30. The maximum absolute atomic E-state index is 13.3. The van der Waals surface area contributed by atoms with E-state index in [9.17, 15) is 4.79 Å². The number of anilines is 2. The number of methoxy groups -OCH3 is 1. The number of amides is 1. The van der Waals surface area contributed by atoms with E-state index in [0.717, 1.165) is 36.3 Å². The molecule has 33 heavy (non-hydrogen) atoms. The molecule has 1 amide bonds. The van der Waals surface area contributed by atoms with Gasteiger partial charge in [0.05, 0.1) is 43.3 Å². The van der Waals surface area contributed by atoms with Crippen molar-refractivity contribution in [3.63, 3.8) is 0 Å². The Bertz CT molecular complexity index is 1380. The number of carbonyl (C=O) groups excluding carboxylic acids is 1. The summed E-state index contributed by atoms with van der Waals surface area (Å²) >= 11 is 0. The maximum Gasteiger partial charge on any atom is 0.261 e. The van der Waals surface area contributed by atoms with Gasteiger partial charge in [0.2, 0.25) is 0 Å². The molecule has 3 aromatic heterocycles. The predicted octanol–water partition coefficient (Wildman–Crippen LogP) is 2.90. The first-order valence-electron chi connectivity index (χ1n) is 11.1. The van der Waals surface area contributed by atoms with Crippen LogP contribution in [-0.4, -0.2) is 62.7 Å². The SMILES string of the molecule is COc1cc2nn(C(C)C)cc2cc1NC(=O)c1cnn2ccc(N3C[C@H]4C[C@@H]3CO4)nc12. The van der Waals surface area contributed by atoms with Crippen LogP contribution in [0.1, 0.15) is 36.7 Å². The van der Waals surface area contributed by atoms with Crippen molar-refractivity contribution in [2.45, 2.75) is 38.5 Å². The third-order valence-corrected chi connectivity index (χ3v) is 6.41. The standard InChI is InChI=1S/C23H25N7O3/c1-13(2)30-10-14-6-19(20(32-3)8-18(14)27-30)25-23(31)17-9-24-29-5-4-21(26-22(17)29)28-11-16-7-15(28)12-33-16/h4-6,8-10,13,15-16H,7,11-12H2,1-3H3,(H,25,31)/t15-,16-/m1/s1. The first-order chi connectivity index (χ1) is 16.0. The van der Waals surface area contributed by atoms with Crippen molar-refractivity contribution in [2.75, 3.05) is 30.5 Å². The molecule has 6 rings (SSSR count). The smallest absolute Gasteiger partial charge is 0.261 e. The number of hydrogen-bond acceptors (Lipinski definition) is 7. The lowest BCUT2D eigenvalue weighted by Crippen LogP contribution is -2.37. The predicted molar refractivity (Wildman–Crippen MR) is 123 cm³/mol. The van der Waals surface area contributed by atoms with Gasteiger partial charge in [-0.25, -0.2) is 9.50 Å². The molecule has 1 N–H and O–H groups in total. The van der Waals surface area contributed by atoms with Gasteiger partial charge in [0, 0.05) is 36.4 Å². The van der Waals surface area contributed by atoms with Crippen LogP contribution in [0.3, 0.4) is 0 Å². The van der Waals surface area contributed by atoms with Gasteiger partial charge in [-0.2, -0.15) is 10.2 Å². The highest BCUT2D eigenvalue weighted by molar-refractivity contribution is 6.09. The van der Waals surface area contributed by atoms with Crippen LogP contribution in [0, 0.1) is 0 Å². The number of ether oxygens (including phenoxy) is 2. The molecule has 2 fully saturated rings. The molecule has 2 saturated heterocycles. The van der Waals surface area contributed by atoms with Gasteiger partial charge < -0.3 is 19.7 Å². The van der Waals surface area contributed by atoms with Crippen LogP contribution < -0.4 is 15.0 Å². The van der Waals surface area contributed by atoms with Crippen LogP contribution in [0.15, 0.2) is 36.8 Å². The van der Waals surface area contributed by atoms with Gasteiger partial charge in [0.1, 0.15) is 17.1 Å². The molecule has 1 aromatic carbocycles. The first-order valence-corrected chi connectivity index (χ1v) is 11.1. The molecule has 4 aromatic rings. The lowest BCUT2D eigenvalue weighted by Gasteiger charge is -2.27. The van der Waals surface area contributed by atoms with E-state index in [-0.39, 0.29) is 18.1 Å². The summed E-state index contributed by atoms with van der Waals surface area (Å²) in [5.74, 6) is 1.09. The summed E-state index contributed by atoms with van der Waals surface area (Å²) in [6.45, 7) is 5.68. The van der Waals surface area contributed by atoms with Crippen LogP contribution in [0.25, 0.3) is 16.6 Å². The second-order valence-electron chi connectivity index (χ2n) is 8.88. The highest BCUT2D eigenvalue weighted by Gasteiger charge is 2.39. The Balaban J connectivity index is 1.32. The number of fused-ring (bicyclic) bond motifs is 4. The highest BCUT2D eigenvalue weighted by atomic mass is 16.5. The fourth-order valence-corrected chi connectivity index (χ4v) is 4.65. The summed E-state index contributed by atoms with van der Waals surface area (Å²) in [5, 5.41) is 12.8. The molecule has 5 heterocycles. The van der Waals surface area contributed by atoms with Crippen molar-refractivity contribution in [3.8, 4) is 5.75 Å². The molecular formula is C23H25N7O3. The van der Waals surface area contributed by atoms with Gasteiger partial charge in [-0.3, -0.25) is 9.48 Å². The van der Waals surface area contributed by atoms with Crippen molar-refractivity contribution in [3.05, 3.63) is 42.4 Å². The molecule has 0 radical (unpaired) electrons. The van der Waals surface area contributed by atoms with Crippen LogP contribution in [0.2, 0.25) is 0 Å². The molecule has 0 unspecified atom stereocenters. The minimum atomic E-state index is -0.296. The van der Waals surface area contributed by atoms with Gasteiger partial charge in [-0.15, -0.1) is 0 Å². The second kappa shape index (κ2) is 7.45. The molecule has 10 heteroatoms. The Morgan fingerprint density at radius 1 is 1.33 bits per heavy atom. The first kappa shape index (κ1) is 20.0. The maximum atomic E-state index is 13.3. The molecule has 0 saturated carbocycles. The molecule has 170 valence electrons. The van der Waals surface area contributed by atoms with Crippen LogP contribution in [0.5, 0.6) is 5.75 Å². The van der Waals surface area contributed by atoms with Gasteiger partial charge in [0.25, 0.3) is 5.91 Å². The number of nitrogens with zero attached hydrogens (tertiary/aromatic N) is 6. The van der Waals surface area contributed by atoms with Crippen LogP contribution in [0.4, 0.5) is 11.5 Å². The lowest BCUT2D eigenvalue weighted by molar-refractivity contribution is 0.0988. The molecule has 0 spiro atoms. The number of aromatic nitrogens is 5. The summed E-state index contributed by atoms with van der Waals surface area (Å²) in [6.07, 6.45) is 6.64. The number of morpholine rings is 1. The Labute approximate surface area is 190 Å². The Morgan fingerprint density at radius 3 is 2.94 bits per heavy atom. The Kier molecular flexibility index (Phi) is 4.51. The second-order valence-corrected chi connectivity index (χ2v) is 8.88. The fraction of sp³-hybridized carbons (Fsp3) is 0.391. The van der Waals surface area contributed by atoms with E-state index in [1.807, 2.05) is 35.3 Å². The number of rotatable bonds is 5. The van der Waals surface area contributed by atoms with E-state index in [2.05, 4.69) is 34.3 Å². The van der Waals surface area contributed by atoms with Crippen molar-refractivity contribution < 1.29 is 14.3 Å². The van der Waals surface area contributed by atoms with E-state index in [4.69, 9.17) is 14.5 Å². The zero-order valence-corrected chi connectivity index (χ0v) is 18.7. The van der Waals surface area contributed by atoms with Crippen molar-refractivity contribution in [1.29, 1.82) is 0 Å². The van der Waals surface area contributed by atoms with E-state index >= 15 is 0 Å². The zero-order chi connectivity index (χ0) is 22.7. The largest absolute Gasteiger partial charge is 0.494 e. The van der Waals surface area contributed by atoms with Crippen LogP contribution >= 0.6 is 0 Å². The lowest BCUT2D eigenvalue weighted by atomic mass is 10.2. The minimum Gasteiger partial charge on any atom is -0.494 e. The third kappa shape index (κ3) is 3.29. The van der Waals surface area contributed by atoms with Crippen molar-refractivity contribution in [2.24, 2.45) is 0 Å². The number of nitrogens with one attached hydrogen (secondary N) is 1. The Morgan fingerprint density at radius 2 is 2.21 bits per heavy atom. The number of hydrogen-bond donors (Lipinski definition) is 1. The van der Waals surface area contributed by atoms with Crippen molar-refractivity contribution in [1.82, 2.24) is 24.4 Å². The number of carbonyl (C=O) groups is 1. The zero-order valence-electron chi connectivity index (χ0n) is 18.7. The Hall–Kier alpha value is -3.66. The fourth-order valence-electron chi connectivity index (χ4n) is 4.65. The van der Waals surface area contributed by atoms with Gasteiger partial charge in [-0.1, -0.05) is 0 Å². The third-order valence-electron chi connectivity index (χ3n) is 6.41. The normalized spacial score (nSPS) is 19.8. The van der Waals surface area contributed by atoms with E-state index in [0.29, 0.717) is 28.7 Å².